The van der Waals surface area contributed by atoms with Gasteiger partial charge in [-0.15, -0.1) is 0 Å². The number of para-hydroxylation sites is 1. The van der Waals surface area contributed by atoms with Crippen LogP contribution in [0.15, 0.2) is 24.3 Å². The Hall–Kier alpha value is -2.08. The van der Waals surface area contributed by atoms with Gasteiger partial charge in [0.2, 0.25) is 5.91 Å². The van der Waals surface area contributed by atoms with Crippen molar-refractivity contribution in [2.45, 2.75) is 44.8 Å². The molecular weight excluding hydrogens is 320 g/mol. The van der Waals surface area contributed by atoms with Gasteiger partial charge >= 0.3 is 0 Å². The van der Waals surface area contributed by atoms with Gasteiger partial charge in [0, 0.05) is 25.6 Å². The summed E-state index contributed by atoms with van der Waals surface area (Å²) in [5, 5.41) is 13.5. The third-order valence-corrected chi connectivity index (χ3v) is 4.92. The summed E-state index contributed by atoms with van der Waals surface area (Å²) in [5.74, 6) is 0.874. The summed E-state index contributed by atoms with van der Waals surface area (Å²) in [4.78, 5) is 25.6. The maximum absolute atomic E-state index is 12.5. The molecule has 2 fully saturated rings. The smallest absolute Gasteiger partial charge is 0.254 e. The minimum atomic E-state index is -1.52. The monoisotopic (exact) mass is 346 g/mol. The van der Waals surface area contributed by atoms with Gasteiger partial charge in [0.05, 0.1) is 13.2 Å². The van der Waals surface area contributed by atoms with E-state index in [0.29, 0.717) is 38.5 Å². The maximum Gasteiger partial charge on any atom is 0.254 e. The zero-order valence-corrected chi connectivity index (χ0v) is 14.7. The summed E-state index contributed by atoms with van der Waals surface area (Å²) >= 11 is 0. The summed E-state index contributed by atoms with van der Waals surface area (Å²) in [7, 11) is 0. The van der Waals surface area contributed by atoms with Crippen LogP contribution in [0.1, 0.15) is 38.2 Å². The van der Waals surface area contributed by atoms with E-state index in [4.69, 9.17) is 4.74 Å². The largest absolute Gasteiger partial charge is 0.493 e. The lowest BCUT2D eigenvalue weighted by Crippen LogP contribution is -2.57. The quantitative estimate of drug-likeness (QED) is 0.817. The van der Waals surface area contributed by atoms with E-state index in [0.717, 1.165) is 11.3 Å². The van der Waals surface area contributed by atoms with Crippen molar-refractivity contribution in [3.63, 3.8) is 0 Å². The van der Waals surface area contributed by atoms with Gasteiger partial charge < -0.3 is 20.1 Å². The molecule has 0 aromatic heterocycles. The number of aliphatic hydroxyl groups is 1. The molecule has 2 aliphatic rings. The molecule has 1 aliphatic heterocycles. The standard InChI is InChI=1S/C19H26N2O4/c1-14(22)21-10-4-9-19(24,13-21)18(23)20-11-16-5-2-3-6-17(16)25-12-15-7-8-15/h2-3,5-6,15,24H,4,7-13H2,1H3,(H,20,23)/t19-/m1/s1. The molecule has 136 valence electrons. The number of piperidine rings is 1. The Kier molecular flexibility index (Phi) is 5.27. The van der Waals surface area contributed by atoms with Crippen LogP contribution in [0.2, 0.25) is 0 Å². The van der Waals surface area contributed by atoms with Gasteiger partial charge in [0.1, 0.15) is 5.75 Å². The fourth-order valence-corrected chi connectivity index (χ4v) is 3.11. The average Bonchev–Trinajstić information content (AvgIpc) is 3.43. The molecule has 1 aromatic rings. The normalized spacial score (nSPS) is 23.2. The third-order valence-electron chi connectivity index (χ3n) is 4.92. The predicted octanol–water partition coefficient (Wildman–Crippen LogP) is 1.46. The molecule has 0 unspecified atom stereocenters. The molecule has 1 saturated carbocycles. The van der Waals surface area contributed by atoms with E-state index in [2.05, 4.69) is 5.32 Å². The maximum atomic E-state index is 12.5. The van der Waals surface area contributed by atoms with Crippen molar-refractivity contribution in [1.82, 2.24) is 10.2 Å². The van der Waals surface area contributed by atoms with Crippen LogP contribution in [-0.4, -0.2) is 47.1 Å². The summed E-state index contributed by atoms with van der Waals surface area (Å²) in [5.41, 5.74) is -0.632. The second kappa shape index (κ2) is 7.44. The molecule has 1 heterocycles. The van der Waals surface area contributed by atoms with Crippen molar-refractivity contribution in [3.05, 3.63) is 29.8 Å². The number of carbonyl (C=O) groups is 2. The molecule has 3 rings (SSSR count). The van der Waals surface area contributed by atoms with Crippen LogP contribution in [0, 0.1) is 5.92 Å². The molecule has 1 atom stereocenters. The van der Waals surface area contributed by atoms with Crippen LogP contribution in [0.4, 0.5) is 0 Å². The minimum absolute atomic E-state index is 0.0496. The van der Waals surface area contributed by atoms with E-state index in [1.165, 1.54) is 24.7 Å². The number of nitrogens with one attached hydrogen (secondary N) is 1. The first-order valence-electron chi connectivity index (χ1n) is 8.95. The average molecular weight is 346 g/mol. The summed E-state index contributed by atoms with van der Waals surface area (Å²) in [6, 6.07) is 7.62. The Labute approximate surface area is 148 Å². The van der Waals surface area contributed by atoms with Gasteiger partial charge in [-0.05, 0) is 37.7 Å². The number of hydrogen-bond acceptors (Lipinski definition) is 4. The van der Waals surface area contributed by atoms with E-state index in [1.54, 1.807) is 0 Å². The Bertz CT molecular complexity index is 644. The molecule has 6 heteroatoms. The van der Waals surface area contributed by atoms with Gasteiger partial charge in [-0.1, -0.05) is 18.2 Å². The summed E-state index contributed by atoms with van der Waals surface area (Å²) in [6.45, 7) is 3.10. The van der Waals surface area contributed by atoms with Crippen molar-refractivity contribution < 1.29 is 19.4 Å². The SMILES string of the molecule is CC(=O)N1CCC[C@](O)(C(=O)NCc2ccccc2OCC2CC2)C1. The molecule has 0 radical (unpaired) electrons. The van der Waals surface area contributed by atoms with Crippen LogP contribution in [0.3, 0.4) is 0 Å². The van der Waals surface area contributed by atoms with Gasteiger partial charge in [0.25, 0.3) is 5.91 Å². The minimum Gasteiger partial charge on any atom is -0.493 e. The molecule has 0 spiro atoms. The van der Waals surface area contributed by atoms with Crippen molar-refractivity contribution in [3.8, 4) is 5.75 Å². The Morgan fingerprint density at radius 2 is 2.12 bits per heavy atom. The zero-order chi connectivity index (χ0) is 17.9. The Balaban J connectivity index is 1.59. The van der Waals surface area contributed by atoms with Crippen molar-refractivity contribution in [1.29, 1.82) is 0 Å². The number of ether oxygens (including phenoxy) is 1. The molecule has 25 heavy (non-hydrogen) atoms. The van der Waals surface area contributed by atoms with Crippen molar-refractivity contribution in [2.24, 2.45) is 5.92 Å². The van der Waals surface area contributed by atoms with Gasteiger partial charge in [-0.25, -0.2) is 0 Å². The number of benzene rings is 1. The zero-order valence-electron chi connectivity index (χ0n) is 14.7. The summed E-state index contributed by atoms with van der Waals surface area (Å²) < 4.78 is 5.85. The third kappa shape index (κ3) is 4.51. The lowest BCUT2D eigenvalue weighted by Gasteiger charge is -2.37. The van der Waals surface area contributed by atoms with E-state index in [-0.39, 0.29) is 12.5 Å². The Morgan fingerprint density at radius 3 is 2.84 bits per heavy atom. The number of rotatable bonds is 6. The van der Waals surface area contributed by atoms with Gasteiger partial charge in [-0.3, -0.25) is 9.59 Å². The second-order valence-electron chi connectivity index (χ2n) is 7.12. The summed E-state index contributed by atoms with van der Waals surface area (Å²) in [6.07, 6.45) is 3.42. The van der Waals surface area contributed by atoms with Crippen LogP contribution >= 0.6 is 0 Å². The van der Waals surface area contributed by atoms with Gasteiger partial charge in [-0.2, -0.15) is 0 Å². The molecule has 2 amide bonds. The lowest BCUT2D eigenvalue weighted by atomic mass is 9.91. The number of likely N-dealkylation sites (tertiary alicyclic amines) is 1. The molecule has 2 N–H and O–H groups in total. The highest BCUT2D eigenvalue weighted by molar-refractivity contribution is 5.86. The molecule has 0 bridgehead atoms. The predicted molar refractivity (Wildman–Crippen MR) is 92.9 cm³/mol. The molecule has 1 aromatic carbocycles. The number of hydrogen-bond donors (Lipinski definition) is 2. The van der Waals surface area contributed by atoms with Gasteiger partial charge in [0.15, 0.2) is 5.60 Å². The highest BCUT2D eigenvalue weighted by Crippen LogP contribution is 2.30. The fourth-order valence-electron chi connectivity index (χ4n) is 3.11. The fraction of sp³-hybridized carbons (Fsp3) is 0.579. The number of carbonyl (C=O) groups excluding carboxylic acids is 2. The molecule has 1 saturated heterocycles. The Morgan fingerprint density at radius 1 is 1.36 bits per heavy atom. The van der Waals surface area contributed by atoms with Crippen molar-refractivity contribution >= 4 is 11.8 Å². The van der Waals surface area contributed by atoms with E-state index in [9.17, 15) is 14.7 Å². The highest BCUT2D eigenvalue weighted by Gasteiger charge is 2.40. The molecular formula is C19H26N2O4. The highest BCUT2D eigenvalue weighted by atomic mass is 16.5. The second-order valence-corrected chi connectivity index (χ2v) is 7.12. The molecule has 1 aliphatic carbocycles. The van der Waals surface area contributed by atoms with E-state index >= 15 is 0 Å². The van der Waals surface area contributed by atoms with E-state index in [1.807, 2.05) is 24.3 Å². The first-order chi connectivity index (χ1) is 12.0. The number of β-amino-alcohol motifs (C(OH)–C–C–N with tert-alkyl or cyclic N) is 1. The lowest BCUT2D eigenvalue weighted by molar-refractivity contribution is -0.150. The van der Waals surface area contributed by atoms with E-state index < -0.39 is 11.5 Å². The molecule has 6 nitrogen and oxygen atoms in total. The number of amides is 2. The topological polar surface area (TPSA) is 78.9 Å². The van der Waals surface area contributed by atoms with Crippen molar-refractivity contribution in [2.75, 3.05) is 19.7 Å². The van der Waals surface area contributed by atoms with Crippen LogP contribution in [-0.2, 0) is 16.1 Å². The first kappa shape index (κ1) is 17.7. The van der Waals surface area contributed by atoms with Crippen LogP contribution in [0.25, 0.3) is 0 Å². The number of nitrogens with zero attached hydrogens (tertiary/aromatic N) is 1. The van der Waals surface area contributed by atoms with Crippen LogP contribution in [0.5, 0.6) is 5.75 Å². The van der Waals surface area contributed by atoms with Crippen LogP contribution < -0.4 is 10.1 Å². The first-order valence-corrected chi connectivity index (χ1v) is 8.95.